The first-order chi connectivity index (χ1) is 16.4. The fraction of sp³-hybridized carbons (Fsp3) is 0.367. The van der Waals surface area contributed by atoms with Crippen LogP contribution >= 0.6 is 0 Å². The van der Waals surface area contributed by atoms with E-state index in [-0.39, 0.29) is 18.0 Å². The highest BCUT2D eigenvalue weighted by Gasteiger charge is 2.30. The van der Waals surface area contributed by atoms with E-state index >= 15 is 0 Å². The number of nitrogens with one attached hydrogen (secondary N) is 1. The van der Waals surface area contributed by atoms with E-state index in [0.717, 1.165) is 42.4 Å². The fourth-order valence-electron chi connectivity index (χ4n) is 4.32. The van der Waals surface area contributed by atoms with Crippen molar-refractivity contribution < 1.29 is 4.79 Å². The van der Waals surface area contributed by atoms with Gasteiger partial charge in [-0.05, 0) is 73.9 Å². The number of carbonyl (C=O) groups is 1. The summed E-state index contributed by atoms with van der Waals surface area (Å²) in [6.07, 6.45) is 11.1. The third-order valence-corrected chi connectivity index (χ3v) is 6.61. The molecular weight excluding hydrogens is 418 g/mol. The number of allylic oxidation sites excluding steroid dienone is 3. The second-order valence-corrected chi connectivity index (χ2v) is 9.44. The highest BCUT2D eigenvalue weighted by atomic mass is 16.1. The molecule has 1 aliphatic carbocycles. The van der Waals surface area contributed by atoms with E-state index in [4.69, 9.17) is 11.5 Å². The van der Waals surface area contributed by atoms with Gasteiger partial charge in [-0.2, -0.15) is 0 Å². The summed E-state index contributed by atoms with van der Waals surface area (Å²) in [5, 5.41) is 3.30. The van der Waals surface area contributed by atoms with Crippen molar-refractivity contribution in [1.82, 2.24) is 5.32 Å². The molecule has 0 saturated heterocycles. The predicted molar refractivity (Wildman–Crippen MR) is 142 cm³/mol. The first-order valence-electron chi connectivity index (χ1n) is 12.4. The lowest BCUT2D eigenvalue weighted by Gasteiger charge is -2.34. The molecule has 0 radical (unpaired) electrons. The number of benzene rings is 2. The average Bonchev–Trinajstić information content (AvgIpc) is 2.80. The van der Waals surface area contributed by atoms with Crippen LogP contribution < -0.4 is 16.8 Å². The Kier molecular flexibility index (Phi) is 9.29. The summed E-state index contributed by atoms with van der Waals surface area (Å²) < 4.78 is 0. The summed E-state index contributed by atoms with van der Waals surface area (Å²) in [7, 11) is 0. The Hall–Kier alpha value is -3.11. The molecule has 4 nitrogen and oxygen atoms in total. The molecule has 0 bridgehead atoms. The Morgan fingerprint density at radius 1 is 1.03 bits per heavy atom. The summed E-state index contributed by atoms with van der Waals surface area (Å²) in [5.41, 5.74) is 18.1. The van der Waals surface area contributed by atoms with Crippen LogP contribution in [0.2, 0.25) is 0 Å². The Morgan fingerprint density at radius 2 is 1.71 bits per heavy atom. The van der Waals surface area contributed by atoms with Crippen LogP contribution in [0.1, 0.15) is 75.2 Å². The van der Waals surface area contributed by atoms with E-state index in [2.05, 4.69) is 48.6 Å². The molecule has 2 atom stereocenters. The van der Waals surface area contributed by atoms with E-state index in [0.29, 0.717) is 17.2 Å². The lowest BCUT2D eigenvalue weighted by molar-refractivity contribution is -0.118. The molecule has 2 aromatic carbocycles. The van der Waals surface area contributed by atoms with Gasteiger partial charge in [-0.1, -0.05) is 79.9 Å². The van der Waals surface area contributed by atoms with Crippen molar-refractivity contribution in [2.75, 3.05) is 0 Å². The van der Waals surface area contributed by atoms with E-state index < -0.39 is 0 Å². The molecule has 1 aliphatic rings. The number of amides is 1. The smallest absolute Gasteiger partial charge is 0.251 e. The van der Waals surface area contributed by atoms with E-state index in [1.807, 2.05) is 38.1 Å². The van der Waals surface area contributed by atoms with Crippen molar-refractivity contribution in [2.24, 2.45) is 17.4 Å². The van der Waals surface area contributed by atoms with Crippen LogP contribution in [0.4, 0.5) is 0 Å². The van der Waals surface area contributed by atoms with Gasteiger partial charge >= 0.3 is 0 Å². The Balaban J connectivity index is 1.83. The molecule has 3 rings (SSSR count). The van der Waals surface area contributed by atoms with Crippen molar-refractivity contribution in [3.63, 3.8) is 0 Å². The molecule has 0 aliphatic heterocycles. The van der Waals surface area contributed by atoms with Gasteiger partial charge < -0.3 is 16.8 Å². The van der Waals surface area contributed by atoms with Crippen molar-refractivity contribution >= 4 is 5.91 Å². The van der Waals surface area contributed by atoms with Gasteiger partial charge in [-0.3, -0.25) is 4.79 Å². The first-order valence-corrected chi connectivity index (χ1v) is 12.4. The largest absolute Gasteiger partial charge is 0.402 e. The van der Waals surface area contributed by atoms with Crippen molar-refractivity contribution in [2.45, 2.75) is 65.0 Å². The number of aryl methyl sites for hydroxylation is 1. The van der Waals surface area contributed by atoms with E-state index in [1.165, 1.54) is 12.0 Å². The predicted octanol–water partition coefficient (Wildman–Crippen LogP) is 6.03. The number of carbonyl (C=O) groups excluding carboxylic acids is 1. The highest BCUT2D eigenvalue weighted by Crippen LogP contribution is 2.38. The molecule has 1 saturated carbocycles. The number of hydrogen-bond acceptors (Lipinski definition) is 3. The zero-order chi connectivity index (χ0) is 24.5. The fourth-order valence-corrected chi connectivity index (χ4v) is 4.32. The van der Waals surface area contributed by atoms with E-state index in [1.54, 1.807) is 12.2 Å². The van der Waals surface area contributed by atoms with Gasteiger partial charge in [0.15, 0.2) is 0 Å². The Morgan fingerprint density at radius 3 is 2.26 bits per heavy atom. The van der Waals surface area contributed by atoms with Crippen molar-refractivity contribution in [3.8, 4) is 0 Å². The molecule has 1 amide bonds. The second-order valence-electron chi connectivity index (χ2n) is 9.44. The standard InChI is InChI=1S/C30H39N3O/c1-4-9-23-15-18-24(19-16-23)28(32)21(2)20-27(17-14-22(3)31)30(34)33-29(26-12-8-13-26)25-10-6-5-7-11-25/h5-7,10-11,14-20,26,28-29H,4,8-9,12-13,31-32H2,1-3H3,(H,33,34)/b21-20+,22-14+,27-17+. The third-order valence-electron chi connectivity index (χ3n) is 6.61. The summed E-state index contributed by atoms with van der Waals surface area (Å²) >= 11 is 0. The molecule has 2 unspecified atom stereocenters. The van der Waals surface area contributed by atoms with Gasteiger partial charge in [-0.25, -0.2) is 0 Å². The summed E-state index contributed by atoms with van der Waals surface area (Å²) in [6, 6.07) is 18.4. The molecule has 0 heterocycles. The second kappa shape index (κ2) is 12.4. The maximum Gasteiger partial charge on any atom is 0.251 e. The minimum atomic E-state index is -0.286. The molecule has 4 heteroatoms. The zero-order valence-corrected chi connectivity index (χ0v) is 20.8. The molecule has 34 heavy (non-hydrogen) atoms. The molecule has 2 aromatic rings. The minimum absolute atomic E-state index is 0.00212. The van der Waals surface area contributed by atoms with Crippen LogP contribution in [-0.4, -0.2) is 5.91 Å². The summed E-state index contributed by atoms with van der Waals surface area (Å²) in [5.74, 6) is 0.358. The molecule has 180 valence electrons. The topological polar surface area (TPSA) is 81.1 Å². The quantitative estimate of drug-likeness (QED) is 0.301. The van der Waals surface area contributed by atoms with Crippen LogP contribution in [0, 0.1) is 5.92 Å². The van der Waals surface area contributed by atoms with Crippen molar-refractivity contribution in [3.05, 3.63) is 106 Å². The van der Waals surface area contributed by atoms with Gasteiger partial charge in [0.25, 0.3) is 5.91 Å². The van der Waals surface area contributed by atoms with Crippen LogP contribution in [0.5, 0.6) is 0 Å². The number of rotatable bonds is 10. The third kappa shape index (κ3) is 6.94. The average molecular weight is 458 g/mol. The van der Waals surface area contributed by atoms with Crippen LogP contribution in [0.3, 0.4) is 0 Å². The van der Waals surface area contributed by atoms with Gasteiger partial charge in [0, 0.05) is 11.3 Å². The maximum absolute atomic E-state index is 13.5. The number of hydrogen-bond donors (Lipinski definition) is 3. The maximum atomic E-state index is 13.5. The molecule has 0 aromatic heterocycles. The zero-order valence-electron chi connectivity index (χ0n) is 20.8. The van der Waals surface area contributed by atoms with E-state index in [9.17, 15) is 4.79 Å². The molecule has 5 N–H and O–H groups in total. The van der Waals surface area contributed by atoms with Gasteiger partial charge in [0.05, 0.1) is 12.1 Å². The Labute approximate surface area is 204 Å². The molecular formula is C30H39N3O. The van der Waals surface area contributed by atoms with Crippen LogP contribution in [0.25, 0.3) is 0 Å². The summed E-state index contributed by atoms with van der Waals surface area (Å²) in [6.45, 7) is 5.97. The highest BCUT2D eigenvalue weighted by molar-refractivity contribution is 5.97. The SMILES string of the molecule is CCCc1ccc(C(N)/C(C)=C/C(=C\C=C(/C)N)C(=O)NC(c2ccccc2)C2CCC2)cc1. The molecule has 0 spiro atoms. The number of nitrogens with two attached hydrogens (primary N) is 2. The normalized spacial score (nSPS) is 17.1. The van der Waals surface area contributed by atoms with Gasteiger partial charge in [0.1, 0.15) is 0 Å². The minimum Gasteiger partial charge on any atom is -0.402 e. The van der Waals surface area contributed by atoms with Crippen molar-refractivity contribution in [1.29, 1.82) is 0 Å². The van der Waals surface area contributed by atoms with Crippen LogP contribution in [0.15, 0.2) is 89.7 Å². The van der Waals surface area contributed by atoms with Gasteiger partial charge in [0.2, 0.25) is 0 Å². The van der Waals surface area contributed by atoms with Crippen LogP contribution in [-0.2, 0) is 11.2 Å². The lowest BCUT2D eigenvalue weighted by Crippen LogP contribution is -2.36. The first kappa shape index (κ1) is 25.5. The summed E-state index contributed by atoms with van der Waals surface area (Å²) in [4.78, 5) is 13.5. The Bertz CT molecular complexity index is 1030. The lowest BCUT2D eigenvalue weighted by atomic mass is 9.77. The van der Waals surface area contributed by atoms with Gasteiger partial charge in [-0.15, -0.1) is 0 Å². The monoisotopic (exact) mass is 457 g/mol. The molecule has 1 fully saturated rings.